The van der Waals surface area contributed by atoms with Crippen LogP contribution in [0.15, 0.2) is 176 Å². The first-order valence-corrected chi connectivity index (χ1v) is 19.2. The summed E-state index contributed by atoms with van der Waals surface area (Å²) in [5, 5.41) is 10.3. The van der Waals surface area contributed by atoms with Gasteiger partial charge in [0.2, 0.25) is 0 Å². The van der Waals surface area contributed by atoms with E-state index < -0.39 is 0 Å². The monoisotopic (exact) mass is 693 g/mol. The molecule has 1 heterocycles. The van der Waals surface area contributed by atoms with E-state index >= 15 is 0 Å². The standard InChI is InChI=1S/C51H35NS/c1-51(2)47-17-9-7-15-42(47)43-27-25-36(31-48(43)51)52(35-24-26-41-39-13-4-3-11-37(39)38-12-5-6-14-40(38)45(41)30-35)34-22-19-32(20-23-34)33-21-28-50-46(29-33)44-16-8-10-18-49(44)53-50/h3-31H,1-2H3. The van der Waals surface area contributed by atoms with Crippen molar-refractivity contribution in [3.63, 3.8) is 0 Å². The first kappa shape index (κ1) is 30.4. The number of nitrogens with zero attached hydrogens (tertiary/aromatic N) is 1. The molecule has 0 spiro atoms. The molecular formula is C51H35NS. The lowest BCUT2D eigenvalue weighted by Crippen LogP contribution is -2.16. The molecule has 0 bridgehead atoms. The third-order valence-electron chi connectivity index (χ3n) is 11.6. The fourth-order valence-electron chi connectivity index (χ4n) is 9.02. The Kier molecular flexibility index (Phi) is 6.53. The maximum atomic E-state index is 2.45. The molecule has 0 saturated heterocycles. The second-order valence-electron chi connectivity index (χ2n) is 14.9. The molecule has 1 aromatic heterocycles. The molecule has 2 heteroatoms. The average Bonchev–Trinajstić information content (AvgIpc) is 3.69. The molecule has 10 aromatic rings. The molecular weight excluding hydrogens is 659 g/mol. The molecule has 1 nitrogen and oxygen atoms in total. The van der Waals surface area contributed by atoms with Crippen LogP contribution in [0.2, 0.25) is 0 Å². The van der Waals surface area contributed by atoms with Crippen molar-refractivity contribution in [3.05, 3.63) is 187 Å². The Balaban J connectivity index is 1.10. The minimum absolute atomic E-state index is 0.0968. The van der Waals surface area contributed by atoms with Crippen molar-refractivity contribution in [3.8, 4) is 22.3 Å². The molecule has 1 aliphatic carbocycles. The highest BCUT2D eigenvalue weighted by molar-refractivity contribution is 7.25. The highest BCUT2D eigenvalue weighted by Gasteiger charge is 2.35. The van der Waals surface area contributed by atoms with Crippen molar-refractivity contribution >= 4 is 80.9 Å². The normalized spacial score (nSPS) is 13.2. The SMILES string of the molecule is CC1(C)c2ccccc2-c2ccc(N(c3ccc(-c4ccc5sc6ccccc6c5c4)cc3)c3ccc4c5ccccc5c5ccccc5c4c3)cc21. The summed E-state index contributed by atoms with van der Waals surface area (Å²) in [6, 6.07) is 65.5. The second kappa shape index (κ2) is 11.4. The quantitative estimate of drug-likeness (QED) is 0.166. The van der Waals surface area contributed by atoms with Crippen LogP contribution in [0.4, 0.5) is 17.1 Å². The van der Waals surface area contributed by atoms with Crippen LogP contribution in [0.3, 0.4) is 0 Å². The zero-order valence-corrected chi connectivity index (χ0v) is 30.4. The van der Waals surface area contributed by atoms with Gasteiger partial charge < -0.3 is 4.90 Å². The summed E-state index contributed by atoms with van der Waals surface area (Å²) in [6.07, 6.45) is 0. The highest BCUT2D eigenvalue weighted by Crippen LogP contribution is 2.51. The van der Waals surface area contributed by atoms with Crippen LogP contribution in [-0.2, 0) is 5.41 Å². The molecule has 0 N–H and O–H groups in total. The lowest BCUT2D eigenvalue weighted by atomic mass is 9.82. The van der Waals surface area contributed by atoms with Gasteiger partial charge in [0, 0.05) is 42.6 Å². The van der Waals surface area contributed by atoms with Gasteiger partial charge in [0.1, 0.15) is 0 Å². The number of benzene rings is 9. The van der Waals surface area contributed by atoms with Gasteiger partial charge in [0.25, 0.3) is 0 Å². The van der Waals surface area contributed by atoms with Crippen LogP contribution < -0.4 is 4.90 Å². The van der Waals surface area contributed by atoms with Gasteiger partial charge in [0.15, 0.2) is 0 Å². The van der Waals surface area contributed by atoms with Crippen molar-refractivity contribution in [1.82, 2.24) is 0 Å². The zero-order chi connectivity index (χ0) is 35.3. The van der Waals surface area contributed by atoms with Crippen LogP contribution >= 0.6 is 11.3 Å². The predicted octanol–water partition coefficient (Wildman–Crippen LogP) is 15.0. The van der Waals surface area contributed by atoms with Gasteiger partial charge in [-0.25, -0.2) is 0 Å². The molecule has 9 aromatic carbocycles. The van der Waals surface area contributed by atoms with Gasteiger partial charge in [0.05, 0.1) is 0 Å². The van der Waals surface area contributed by atoms with E-state index in [1.807, 2.05) is 11.3 Å². The van der Waals surface area contributed by atoms with E-state index in [1.54, 1.807) is 0 Å². The Morgan fingerprint density at radius 1 is 0.358 bits per heavy atom. The summed E-state index contributed by atoms with van der Waals surface area (Å²) >= 11 is 1.87. The molecule has 0 saturated carbocycles. The average molecular weight is 694 g/mol. The van der Waals surface area contributed by atoms with Gasteiger partial charge in [-0.15, -0.1) is 11.3 Å². The third kappa shape index (κ3) is 4.56. The lowest BCUT2D eigenvalue weighted by molar-refractivity contribution is 0.660. The van der Waals surface area contributed by atoms with E-state index in [9.17, 15) is 0 Å². The Morgan fingerprint density at radius 3 is 1.64 bits per heavy atom. The summed E-state index contributed by atoms with van der Waals surface area (Å²) in [7, 11) is 0. The number of fused-ring (bicyclic) bond motifs is 12. The van der Waals surface area contributed by atoms with Gasteiger partial charge in [-0.3, -0.25) is 0 Å². The van der Waals surface area contributed by atoms with Crippen LogP contribution in [0.25, 0.3) is 74.7 Å². The molecule has 0 fully saturated rings. The summed E-state index contributed by atoms with van der Waals surface area (Å²) in [6.45, 7) is 4.72. The first-order chi connectivity index (χ1) is 26.0. The van der Waals surface area contributed by atoms with Crippen LogP contribution in [0.1, 0.15) is 25.0 Å². The van der Waals surface area contributed by atoms with Crippen molar-refractivity contribution in [2.24, 2.45) is 0 Å². The van der Waals surface area contributed by atoms with Gasteiger partial charge >= 0.3 is 0 Å². The minimum atomic E-state index is -0.0968. The van der Waals surface area contributed by atoms with Crippen LogP contribution in [0.5, 0.6) is 0 Å². The molecule has 0 unspecified atom stereocenters. The second-order valence-corrected chi connectivity index (χ2v) is 16.0. The summed E-state index contributed by atoms with van der Waals surface area (Å²) < 4.78 is 2.67. The van der Waals surface area contributed by atoms with E-state index in [0.717, 1.165) is 17.1 Å². The largest absolute Gasteiger partial charge is 0.310 e. The Morgan fingerprint density at radius 2 is 0.887 bits per heavy atom. The molecule has 1 aliphatic rings. The summed E-state index contributed by atoms with van der Waals surface area (Å²) in [5.74, 6) is 0. The number of thiophene rings is 1. The van der Waals surface area contributed by atoms with Gasteiger partial charge in [-0.1, -0.05) is 135 Å². The third-order valence-corrected chi connectivity index (χ3v) is 12.8. The van der Waals surface area contributed by atoms with E-state index in [4.69, 9.17) is 0 Å². The van der Waals surface area contributed by atoms with E-state index in [-0.39, 0.29) is 5.41 Å². The van der Waals surface area contributed by atoms with E-state index in [0.29, 0.717) is 0 Å². The van der Waals surface area contributed by atoms with Crippen LogP contribution in [0, 0.1) is 0 Å². The summed E-state index contributed by atoms with van der Waals surface area (Å²) in [5.41, 5.74) is 11.2. The number of hydrogen-bond acceptors (Lipinski definition) is 2. The van der Waals surface area contributed by atoms with E-state index in [2.05, 4.69) is 195 Å². The van der Waals surface area contributed by atoms with Crippen molar-refractivity contribution in [2.75, 3.05) is 4.90 Å². The number of rotatable bonds is 4. The fraction of sp³-hybridized carbons (Fsp3) is 0.0588. The Hall–Kier alpha value is -6.22. The minimum Gasteiger partial charge on any atom is -0.310 e. The zero-order valence-electron chi connectivity index (χ0n) is 29.6. The molecule has 250 valence electrons. The highest BCUT2D eigenvalue weighted by atomic mass is 32.1. The van der Waals surface area contributed by atoms with Crippen molar-refractivity contribution in [2.45, 2.75) is 19.3 Å². The smallest absolute Gasteiger partial charge is 0.0468 e. The molecule has 0 amide bonds. The topological polar surface area (TPSA) is 3.24 Å². The number of anilines is 3. The maximum absolute atomic E-state index is 2.45. The van der Waals surface area contributed by atoms with Gasteiger partial charge in [-0.05, 0) is 120 Å². The summed E-state index contributed by atoms with van der Waals surface area (Å²) in [4.78, 5) is 2.45. The van der Waals surface area contributed by atoms with Crippen LogP contribution in [-0.4, -0.2) is 0 Å². The number of hydrogen-bond donors (Lipinski definition) is 0. The van der Waals surface area contributed by atoms with E-state index in [1.165, 1.54) is 85.9 Å². The fourth-order valence-corrected chi connectivity index (χ4v) is 10.1. The Labute approximate surface area is 313 Å². The van der Waals surface area contributed by atoms with Crippen molar-refractivity contribution < 1.29 is 0 Å². The molecule has 0 atom stereocenters. The molecule has 0 aliphatic heterocycles. The maximum Gasteiger partial charge on any atom is 0.0468 e. The molecule has 11 rings (SSSR count). The van der Waals surface area contributed by atoms with Crippen molar-refractivity contribution in [1.29, 1.82) is 0 Å². The predicted molar refractivity (Wildman–Crippen MR) is 230 cm³/mol. The Bertz CT molecular complexity index is 3060. The van der Waals surface area contributed by atoms with Gasteiger partial charge in [-0.2, -0.15) is 0 Å². The lowest BCUT2D eigenvalue weighted by Gasteiger charge is -2.28. The molecule has 53 heavy (non-hydrogen) atoms. The first-order valence-electron chi connectivity index (χ1n) is 18.4. The molecule has 0 radical (unpaired) electrons.